The molecule has 5 rings (SSSR count). The molecule has 0 aromatic carbocycles. The van der Waals surface area contributed by atoms with Gasteiger partial charge in [-0.1, -0.05) is 53.7 Å². The number of allylic oxidation sites excluding steroid dienone is 1. The average Bonchev–Trinajstić information content (AvgIpc) is 3.18. The molecular formula is C36H60O3. The molecule has 0 amide bonds. The van der Waals surface area contributed by atoms with E-state index in [2.05, 4.69) is 55.0 Å². The van der Waals surface area contributed by atoms with Crippen LogP contribution in [-0.2, 0) is 14.3 Å². The number of fused-ring (bicyclic) bond motifs is 7. The van der Waals surface area contributed by atoms with Crippen molar-refractivity contribution in [3.05, 3.63) is 12.2 Å². The molecule has 5 aliphatic carbocycles. The molecule has 0 aromatic rings. The van der Waals surface area contributed by atoms with Crippen molar-refractivity contribution in [3.63, 3.8) is 0 Å². The lowest BCUT2D eigenvalue weighted by molar-refractivity contribution is -0.256. The molecule has 0 spiro atoms. The molecule has 5 saturated carbocycles. The largest absolute Gasteiger partial charge is 0.438 e. The van der Waals surface area contributed by atoms with E-state index in [0.29, 0.717) is 27.6 Å². The number of carbonyl (C=O) groups excluding carboxylic acids is 1. The Hall–Kier alpha value is -0.830. The van der Waals surface area contributed by atoms with E-state index in [0.717, 1.165) is 30.1 Å². The predicted octanol–water partition coefficient (Wildman–Crippen LogP) is 9.60. The summed E-state index contributed by atoms with van der Waals surface area (Å²) in [4.78, 5) is 12.3. The van der Waals surface area contributed by atoms with Crippen molar-refractivity contribution in [1.82, 2.24) is 0 Å². The first-order valence-corrected chi connectivity index (χ1v) is 16.4. The van der Waals surface area contributed by atoms with Crippen LogP contribution in [0.2, 0.25) is 0 Å². The molecule has 3 heteroatoms. The van der Waals surface area contributed by atoms with Crippen molar-refractivity contribution < 1.29 is 14.3 Å². The lowest BCUT2D eigenvalue weighted by atomic mass is 9.32. The van der Waals surface area contributed by atoms with Gasteiger partial charge < -0.3 is 9.47 Å². The van der Waals surface area contributed by atoms with Crippen molar-refractivity contribution in [2.24, 2.45) is 62.1 Å². The fourth-order valence-electron chi connectivity index (χ4n) is 12.2. The van der Waals surface area contributed by atoms with Crippen LogP contribution in [0.25, 0.3) is 0 Å². The van der Waals surface area contributed by atoms with Crippen molar-refractivity contribution in [2.75, 3.05) is 6.79 Å². The Morgan fingerprint density at radius 1 is 0.821 bits per heavy atom. The van der Waals surface area contributed by atoms with Gasteiger partial charge >= 0.3 is 5.97 Å². The summed E-state index contributed by atoms with van der Waals surface area (Å²) in [6, 6.07) is 0. The first-order valence-electron chi connectivity index (χ1n) is 16.4. The van der Waals surface area contributed by atoms with Gasteiger partial charge in [-0.05, 0) is 149 Å². The lowest BCUT2D eigenvalue weighted by Crippen LogP contribution is -2.66. The number of rotatable bonds is 4. The molecular weight excluding hydrogens is 480 g/mol. The molecule has 0 saturated heterocycles. The minimum atomic E-state index is -0.494. The highest BCUT2D eigenvalue weighted by Gasteiger charge is 2.70. The zero-order valence-corrected chi connectivity index (χ0v) is 27.2. The van der Waals surface area contributed by atoms with Crippen LogP contribution in [0.15, 0.2) is 12.2 Å². The Morgan fingerprint density at radius 3 is 2.15 bits per heavy atom. The highest BCUT2D eigenvalue weighted by Crippen LogP contribution is 2.77. The van der Waals surface area contributed by atoms with Crippen molar-refractivity contribution in [1.29, 1.82) is 0 Å². The molecule has 0 heterocycles. The zero-order chi connectivity index (χ0) is 28.8. The second-order valence-electron chi connectivity index (χ2n) is 17.7. The maximum atomic E-state index is 12.3. The Morgan fingerprint density at radius 2 is 1.51 bits per heavy atom. The van der Waals surface area contributed by atoms with Gasteiger partial charge in [0.1, 0.15) is 0 Å². The van der Waals surface area contributed by atoms with E-state index in [-0.39, 0.29) is 24.3 Å². The van der Waals surface area contributed by atoms with Crippen LogP contribution in [0.4, 0.5) is 0 Å². The van der Waals surface area contributed by atoms with E-state index in [9.17, 15) is 4.79 Å². The van der Waals surface area contributed by atoms with Crippen LogP contribution >= 0.6 is 0 Å². The maximum Gasteiger partial charge on any atom is 0.313 e. The van der Waals surface area contributed by atoms with E-state index < -0.39 is 5.41 Å². The summed E-state index contributed by atoms with van der Waals surface area (Å²) in [6.07, 6.45) is 13.5. The topological polar surface area (TPSA) is 35.5 Å². The van der Waals surface area contributed by atoms with Gasteiger partial charge in [-0.2, -0.15) is 0 Å². The average molecular weight is 541 g/mol. The Kier molecular flexibility index (Phi) is 7.10. The number of hydrogen-bond acceptors (Lipinski definition) is 3. The van der Waals surface area contributed by atoms with Gasteiger partial charge in [-0.3, -0.25) is 4.79 Å². The van der Waals surface area contributed by atoms with Crippen LogP contribution in [0.5, 0.6) is 0 Å². The second kappa shape index (κ2) is 9.34. The third-order valence-corrected chi connectivity index (χ3v) is 14.5. The number of ether oxygens (including phenoxy) is 2. The van der Waals surface area contributed by atoms with Crippen LogP contribution in [0.1, 0.15) is 133 Å². The Bertz CT molecular complexity index is 990. The summed E-state index contributed by atoms with van der Waals surface area (Å²) >= 11 is 0. The van der Waals surface area contributed by atoms with Crippen molar-refractivity contribution in [2.45, 2.75) is 140 Å². The van der Waals surface area contributed by atoms with Gasteiger partial charge in [0.05, 0.1) is 11.5 Å². The predicted molar refractivity (Wildman–Crippen MR) is 160 cm³/mol. The standard InChI is InChI=1S/C36H60O3/c1-23(2)24-14-17-33(8)20-21-35(10)25(29(24)33)12-13-27-34(9)18-16-28(38-22-39-30(37)31(3,4)5)32(6,7)26(34)15-19-36(27,35)11/h24-29H,1,12-22H2,2-11H3/t24-,25+,26-,27+,28-,29+,33+,34-,35+,36+/m0/s1. The van der Waals surface area contributed by atoms with Gasteiger partial charge in [0, 0.05) is 0 Å². The van der Waals surface area contributed by atoms with Gasteiger partial charge in [0.25, 0.3) is 0 Å². The Labute approximate surface area is 240 Å². The highest BCUT2D eigenvalue weighted by molar-refractivity contribution is 5.75. The van der Waals surface area contributed by atoms with E-state index >= 15 is 0 Å². The first kappa shape index (κ1) is 29.7. The minimum absolute atomic E-state index is 0.0713. The van der Waals surface area contributed by atoms with E-state index in [1.165, 1.54) is 63.4 Å². The lowest BCUT2D eigenvalue weighted by Gasteiger charge is -2.73. The maximum absolute atomic E-state index is 12.3. The highest BCUT2D eigenvalue weighted by atomic mass is 16.7. The molecule has 0 N–H and O–H groups in total. The summed E-state index contributed by atoms with van der Waals surface area (Å²) in [5, 5.41) is 0. The van der Waals surface area contributed by atoms with Gasteiger partial charge in [0.15, 0.2) is 6.79 Å². The molecule has 5 aliphatic rings. The van der Waals surface area contributed by atoms with Gasteiger partial charge in [-0.15, -0.1) is 0 Å². The van der Waals surface area contributed by atoms with E-state index in [1.54, 1.807) is 0 Å². The second-order valence-corrected chi connectivity index (χ2v) is 17.7. The zero-order valence-electron chi connectivity index (χ0n) is 27.2. The van der Waals surface area contributed by atoms with Crippen LogP contribution < -0.4 is 0 Å². The third kappa shape index (κ3) is 4.24. The normalized spacial score (nSPS) is 48.8. The van der Waals surface area contributed by atoms with Crippen molar-refractivity contribution >= 4 is 5.97 Å². The number of carbonyl (C=O) groups is 1. The summed E-state index contributed by atoms with van der Waals surface area (Å²) < 4.78 is 11.9. The van der Waals surface area contributed by atoms with Gasteiger partial charge in [0.2, 0.25) is 0 Å². The summed E-state index contributed by atoms with van der Waals surface area (Å²) in [7, 11) is 0. The quantitative estimate of drug-likeness (QED) is 0.202. The fraction of sp³-hybridized carbons (Fsp3) is 0.917. The molecule has 10 atom stereocenters. The Balaban J connectivity index is 1.38. The number of hydrogen-bond donors (Lipinski definition) is 0. The monoisotopic (exact) mass is 540 g/mol. The van der Waals surface area contributed by atoms with Crippen molar-refractivity contribution in [3.8, 4) is 0 Å². The minimum Gasteiger partial charge on any atom is -0.438 e. The molecule has 0 unspecified atom stereocenters. The smallest absolute Gasteiger partial charge is 0.313 e. The number of esters is 1. The molecule has 222 valence electrons. The van der Waals surface area contributed by atoms with Gasteiger partial charge in [-0.25, -0.2) is 0 Å². The third-order valence-electron chi connectivity index (χ3n) is 14.5. The summed E-state index contributed by atoms with van der Waals surface area (Å²) in [5.41, 5.74) is 2.71. The van der Waals surface area contributed by atoms with Crippen LogP contribution in [0.3, 0.4) is 0 Å². The molecule has 0 aromatic heterocycles. The first-order chi connectivity index (χ1) is 17.9. The fourth-order valence-corrected chi connectivity index (χ4v) is 12.2. The van der Waals surface area contributed by atoms with Crippen LogP contribution in [-0.4, -0.2) is 18.9 Å². The van der Waals surface area contributed by atoms with Crippen LogP contribution in [0, 0.1) is 62.1 Å². The molecule has 3 nitrogen and oxygen atoms in total. The summed E-state index contributed by atoms with van der Waals surface area (Å²) in [6.45, 7) is 28.3. The SMILES string of the molecule is C=C(C)[C@@H]1CC[C@]2(C)CC[C@]3(C)[C@H](CC[C@@H]4[C@@]5(C)CC[C@H](OCOC(=O)C(C)(C)C)C(C)(C)[C@@H]5CC[C@]43C)[C@@H]12. The molecule has 0 radical (unpaired) electrons. The van der Waals surface area contributed by atoms with E-state index in [1.807, 2.05) is 20.8 Å². The summed E-state index contributed by atoms with van der Waals surface area (Å²) in [5.74, 6) is 3.63. The molecule has 0 aliphatic heterocycles. The molecule has 5 fully saturated rings. The molecule has 39 heavy (non-hydrogen) atoms. The van der Waals surface area contributed by atoms with E-state index in [4.69, 9.17) is 9.47 Å². The molecule has 0 bridgehead atoms.